The number of nitrogens with one attached hydrogen (secondary N) is 1. The molecule has 1 atom stereocenters. The summed E-state index contributed by atoms with van der Waals surface area (Å²) in [6, 6.07) is -0.0568. The van der Waals surface area contributed by atoms with Gasteiger partial charge in [-0.05, 0) is 6.07 Å². The van der Waals surface area contributed by atoms with Gasteiger partial charge in [-0.3, -0.25) is 14.9 Å². The number of rotatable bonds is 6. The van der Waals surface area contributed by atoms with E-state index in [1.165, 1.54) is 7.11 Å². The van der Waals surface area contributed by atoms with Crippen molar-refractivity contribution in [2.75, 3.05) is 20.3 Å². The van der Waals surface area contributed by atoms with Gasteiger partial charge in [0, 0.05) is 7.11 Å². The monoisotopic (exact) mass is 290 g/mol. The van der Waals surface area contributed by atoms with Crippen LogP contribution in [0.3, 0.4) is 0 Å². The number of aliphatic hydroxyl groups excluding tert-OH is 1. The van der Waals surface area contributed by atoms with Crippen molar-refractivity contribution >= 4 is 11.6 Å². The fourth-order valence-corrected chi connectivity index (χ4v) is 1.47. The molecule has 0 aliphatic rings. The molecular formula is C11H12F2N2O5. The fourth-order valence-electron chi connectivity index (χ4n) is 1.47. The summed E-state index contributed by atoms with van der Waals surface area (Å²) >= 11 is 0. The molecule has 2 N–H and O–H groups in total. The molecule has 1 aromatic rings. The number of amides is 1. The maximum Gasteiger partial charge on any atom is 0.285 e. The number of carbonyl (C=O) groups excluding carboxylic acids is 1. The number of methoxy groups -OCH3 is 1. The molecule has 0 aliphatic carbocycles. The third-order valence-corrected chi connectivity index (χ3v) is 2.40. The van der Waals surface area contributed by atoms with Crippen LogP contribution in [0.1, 0.15) is 10.4 Å². The van der Waals surface area contributed by atoms with Gasteiger partial charge in [-0.1, -0.05) is 0 Å². The molecular weight excluding hydrogens is 278 g/mol. The third-order valence-electron chi connectivity index (χ3n) is 2.40. The summed E-state index contributed by atoms with van der Waals surface area (Å²) in [6.45, 7) is -0.517. The summed E-state index contributed by atoms with van der Waals surface area (Å²) in [5, 5.41) is 21.9. The normalized spacial score (nSPS) is 12.0. The van der Waals surface area contributed by atoms with E-state index in [9.17, 15) is 23.7 Å². The average molecular weight is 290 g/mol. The van der Waals surface area contributed by atoms with Gasteiger partial charge in [0.2, 0.25) is 0 Å². The molecule has 0 saturated carbocycles. The average Bonchev–Trinajstić information content (AvgIpc) is 2.40. The Kier molecular flexibility index (Phi) is 5.47. The number of carbonyl (C=O) groups is 1. The molecule has 0 saturated heterocycles. The topological polar surface area (TPSA) is 102 Å². The summed E-state index contributed by atoms with van der Waals surface area (Å²) < 4.78 is 30.8. The first-order chi connectivity index (χ1) is 9.40. The van der Waals surface area contributed by atoms with E-state index in [1.54, 1.807) is 0 Å². The SMILES string of the molecule is COCC(CO)NC(=O)c1cc(F)c(F)cc1[N+](=O)[O-]. The van der Waals surface area contributed by atoms with Crippen LogP contribution in [0, 0.1) is 21.7 Å². The van der Waals surface area contributed by atoms with Crippen LogP contribution in [0.5, 0.6) is 0 Å². The van der Waals surface area contributed by atoms with Crippen LogP contribution in [0.15, 0.2) is 12.1 Å². The number of hydrogen-bond donors (Lipinski definition) is 2. The molecule has 110 valence electrons. The Balaban J connectivity index is 3.08. The van der Waals surface area contributed by atoms with Crippen molar-refractivity contribution in [3.63, 3.8) is 0 Å². The second kappa shape index (κ2) is 6.87. The zero-order valence-corrected chi connectivity index (χ0v) is 10.4. The number of hydrogen-bond acceptors (Lipinski definition) is 5. The standard InChI is InChI=1S/C11H12F2N2O5/c1-20-5-6(4-16)14-11(17)7-2-8(12)9(13)3-10(7)15(18)19/h2-3,6,16H,4-5H2,1H3,(H,14,17). The van der Waals surface area contributed by atoms with Gasteiger partial charge < -0.3 is 15.2 Å². The van der Waals surface area contributed by atoms with E-state index < -0.39 is 46.4 Å². The van der Waals surface area contributed by atoms with Crippen molar-refractivity contribution in [2.24, 2.45) is 0 Å². The molecule has 0 bridgehead atoms. The van der Waals surface area contributed by atoms with E-state index in [-0.39, 0.29) is 6.61 Å². The Morgan fingerprint density at radius 3 is 2.60 bits per heavy atom. The van der Waals surface area contributed by atoms with Crippen molar-refractivity contribution in [3.05, 3.63) is 39.4 Å². The highest BCUT2D eigenvalue weighted by atomic mass is 19.2. The summed E-state index contributed by atoms with van der Waals surface area (Å²) in [4.78, 5) is 21.5. The summed E-state index contributed by atoms with van der Waals surface area (Å²) in [5.74, 6) is -3.82. The number of aliphatic hydroxyl groups is 1. The van der Waals surface area contributed by atoms with Gasteiger partial charge in [0.05, 0.1) is 30.2 Å². The molecule has 0 heterocycles. The molecule has 9 heteroatoms. The number of ether oxygens (including phenoxy) is 1. The molecule has 1 unspecified atom stereocenters. The number of nitro benzene ring substituents is 1. The lowest BCUT2D eigenvalue weighted by Crippen LogP contribution is -2.40. The van der Waals surface area contributed by atoms with Crippen molar-refractivity contribution in [1.82, 2.24) is 5.32 Å². The number of halogens is 2. The van der Waals surface area contributed by atoms with Crippen LogP contribution >= 0.6 is 0 Å². The lowest BCUT2D eigenvalue weighted by molar-refractivity contribution is -0.385. The van der Waals surface area contributed by atoms with E-state index in [2.05, 4.69) is 5.32 Å². The highest BCUT2D eigenvalue weighted by Gasteiger charge is 2.25. The van der Waals surface area contributed by atoms with Gasteiger partial charge >= 0.3 is 0 Å². The third kappa shape index (κ3) is 3.68. The molecule has 0 fully saturated rings. The van der Waals surface area contributed by atoms with E-state index in [1.807, 2.05) is 0 Å². The molecule has 7 nitrogen and oxygen atoms in total. The molecule has 1 rings (SSSR count). The summed E-state index contributed by atoms with van der Waals surface area (Å²) in [6.07, 6.45) is 0. The van der Waals surface area contributed by atoms with Crippen LogP contribution in [0.25, 0.3) is 0 Å². The van der Waals surface area contributed by atoms with Gasteiger partial charge in [-0.2, -0.15) is 0 Å². The Labute approximate surface area is 112 Å². The largest absolute Gasteiger partial charge is 0.394 e. The Bertz CT molecular complexity index is 524. The zero-order chi connectivity index (χ0) is 15.3. The Morgan fingerprint density at radius 2 is 2.10 bits per heavy atom. The van der Waals surface area contributed by atoms with E-state index in [4.69, 9.17) is 9.84 Å². The Morgan fingerprint density at radius 1 is 1.50 bits per heavy atom. The minimum Gasteiger partial charge on any atom is -0.394 e. The van der Waals surface area contributed by atoms with Crippen LogP contribution < -0.4 is 5.32 Å². The molecule has 0 aromatic heterocycles. The predicted molar refractivity (Wildman–Crippen MR) is 63.2 cm³/mol. The highest BCUT2D eigenvalue weighted by molar-refractivity contribution is 5.98. The minimum absolute atomic E-state index is 0.0419. The molecule has 0 aliphatic heterocycles. The number of nitrogens with zero attached hydrogens (tertiary/aromatic N) is 1. The maximum atomic E-state index is 13.1. The van der Waals surface area contributed by atoms with E-state index >= 15 is 0 Å². The second-order valence-corrected chi connectivity index (χ2v) is 3.85. The highest BCUT2D eigenvalue weighted by Crippen LogP contribution is 2.22. The van der Waals surface area contributed by atoms with E-state index in [0.717, 1.165) is 0 Å². The Hall–Kier alpha value is -2.13. The first kappa shape index (κ1) is 15.9. The molecule has 1 aromatic carbocycles. The first-order valence-electron chi connectivity index (χ1n) is 5.44. The van der Waals surface area contributed by atoms with Gasteiger partial charge in [0.15, 0.2) is 11.6 Å². The van der Waals surface area contributed by atoms with Gasteiger partial charge in [0.25, 0.3) is 11.6 Å². The van der Waals surface area contributed by atoms with Gasteiger partial charge in [-0.15, -0.1) is 0 Å². The van der Waals surface area contributed by atoms with Crippen molar-refractivity contribution in [3.8, 4) is 0 Å². The van der Waals surface area contributed by atoms with Crippen molar-refractivity contribution in [2.45, 2.75) is 6.04 Å². The van der Waals surface area contributed by atoms with Crippen molar-refractivity contribution < 1.29 is 28.3 Å². The predicted octanol–water partition coefficient (Wildman–Crippen LogP) is 0.610. The lowest BCUT2D eigenvalue weighted by Gasteiger charge is -2.15. The van der Waals surface area contributed by atoms with Crippen molar-refractivity contribution in [1.29, 1.82) is 0 Å². The van der Waals surface area contributed by atoms with E-state index in [0.29, 0.717) is 12.1 Å². The minimum atomic E-state index is -1.43. The van der Waals surface area contributed by atoms with Gasteiger partial charge in [-0.25, -0.2) is 8.78 Å². The first-order valence-corrected chi connectivity index (χ1v) is 5.44. The quantitative estimate of drug-likeness (QED) is 0.590. The van der Waals surface area contributed by atoms with Crippen LogP contribution in [0.2, 0.25) is 0 Å². The second-order valence-electron chi connectivity index (χ2n) is 3.85. The molecule has 20 heavy (non-hydrogen) atoms. The smallest absolute Gasteiger partial charge is 0.285 e. The van der Waals surface area contributed by atoms with Crippen LogP contribution in [0.4, 0.5) is 14.5 Å². The maximum absolute atomic E-state index is 13.1. The van der Waals surface area contributed by atoms with Gasteiger partial charge in [0.1, 0.15) is 5.56 Å². The molecule has 1 amide bonds. The fraction of sp³-hybridized carbons (Fsp3) is 0.364. The summed E-state index contributed by atoms with van der Waals surface area (Å²) in [7, 11) is 1.33. The lowest BCUT2D eigenvalue weighted by atomic mass is 10.1. The van der Waals surface area contributed by atoms with Crippen LogP contribution in [-0.4, -0.2) is 42.3 Å². The number of benzene rings is 1. The molecule has 0 spiro atoms. The summed E-state index contributed by atoms with van der Waals surface area (Å²) in [5.41, 5.74) is -1.50. The molecule has 0 radical (unpaired) electrons. The number of nitro groups is 1. The zero-order valence-electron chi connectivity index (χ0n) is 10.4. The van der Waals surface area contributed by atoms with Crippen LogP contribution in [-0.2, 0) is 4.74 Å².